The summed E-state index contributed by atoms with van der Waals surface area (Å²) in [4.78, 5) is 0. The molecule has 3 N–H and O–H groups in total. The van der Waals surface area contributed by atoms with Crippen molar-refractivity contribution in [3.05, 3.63) is 34.4 Å². The highest BCUT2D eigenvalue weighted by atomic mass is 15.2. The molecule has 0 bridgehead atoms. The molecule has 1 aliphatic carbocycles. The van der Waals surface area contributed by atoms with Crippen LogP contribution in [0.25, 0.3) is 0 Å². The van der Waals surface area contributed by atoms with Crippen LogP contribution in [-0.4, -0.2) is 6.04 Å². The summed E-state index contributed by atoms with van der Waals surface area (Å²) in [5.41, 5.74) is 8.82. The topological polar surface area (TPSA) is 38.0 Å². The molecule has 21 heavy (non-hydrogen) atoms. The summed E-state index contributed by atoms with van der Waals surface area (Å²) in [6.07, 6.45) is 10.7. The maximum Gasteiger partial charge on any atom is 0.0279 e. The van der Waals surface area contributed by atoms with Gasteiger partial charge in [-0.05, 0) is 62.6 Å². The number of nitrogens with one attached hydrogen (secondary N) is 1. The average Bonchev–Trinajstić information content (AvgIpc) is 2.39. The molecule has 2 nitrogen and oxygen atoms in total. The van der Waals surface area contributed by atoms with Crippen molar-refractivity contribution in [2.45, 2.75) is 78.2 Å². The predicted molar refractivity (Wildman–Crippen MR) is 91.3 cm³/mol. The molecule has 0 spiro atoms. The van der Waals surface area contributed by atoms with E-state index in [-0.39, 0.29) is 0 Å². The molecule has 0 aliphatic heterocycles. The molecular formula is C19H32N2. The molecule has 1 aromatic rings. The molecule has 2 rings (SSSR count). The van der Waals surface area contributed by atoms with Crippen LogP contribution in [0.1, 0.15) is 67.2 Å². The lowest BCUT2D eigenvalue weighted by atomic mass is 9.82. The Bertz CT molecular complexity index is 422. The minimum Gasteiger partial charge on any atom is -0.271 e. The highest BCUT2D eigenvalue weighted by Gasteiger charge is 2.22. The van der Waals surface area contributed by atoms with E-state index in [2.05, 4.69) is 38.3 Å². The maximum absolute atomic E-state index is 5.92. The van der Waals surface area contributed by atoms with Gasteiger partial charge in [-0.2, -0.15) is 0 Å². The van der Waals surface area contributed by atoms with Crippen LogP contribution in [0.5, 0.6) is 0 Å². The molecule has 1 unspecified atom stereocenters. The zero-order valence-corrected chi connectivity index (χ0v) is 14.0. The van der Waals surface area contributed by atoms with Crippen LogP contribution in [0, 0.1) is 26.7 Å². The highest BCUT2D eigenvalue weighted by Crippen LogP contribution is 2.28. The molecule has 2 heteroatoms. The molecule has 0 aromatic heterocycles. The lowest BCUT2D eigenvalue weighted by molar-refractivity contribution is 0.284. The third kappa shape index (κ3) is 4.55. The summed E-state index contributed by atoms with van der Waals surface area (Å²) in [6.45, 7) is 6.65. The minimum atomic E-state index is 0.420. The van der Waals surface area contributed by atoms with Crippen molar-refractivity contribution in [3.63, 3.8) is 0 Å². The molecule has 1 aliphatic rings. The van der Waals surface area contributed by atoms with E-state index in [0.717, 1.165) is 12.3 Å². The van der Waals surface area contributed by atoms with Crippen LogP contribution in [0.3, 0.4) is 0 Å². The first-order chi connectivity index (χ1) is 10.1. The molecule has 0 radical (unpaired) electrons. The lowest BCUT2D eigenvalue weighted by Gasteiger charge is -2.29. The number of hydrogen-bond acceptors (Lipinski definition) is 2. The average molecular weight is 288 g/mol. The Labute approximate surface area is 130 Å². The van der Waals surface area contributed by atoms with Gasteiger partial charge in [-0.15, -0.1) is 0 Å². The Hall–Kier alpha value is -0.860. The first-order valence-electron chi connectivity index (χ1n) is 8.64. The van der Waals surface area contributed by atoms with Crippen LogP contribution in [0.4, 0.5) is 0 Å². The van der Waals surface area contributed by atoms with E-state index in [9.17, 15) is 0 Å². The molecular weight excluding hydrogens is 256 g/mol. The van der Waals surface area contributed by atoms with Crippen molar-refractivity contribution >= 4 is 0 Å². The Kier molecular flexibility index (Phi) is 6.25. The molecule has 1 saturated carbocycles. The largest absolute Gasteiger partial charge is 0.271 e. The van der Waals surface area contributed by atoms with Crippen LogP contribution in [0.15, 0.2) is 12.1 Å². The minimum absolute atomic E-state index is 0.420. The number of rotatable bonds is 4. The number of nitrogens with two attached hydrogens (primary N) is 1. The summed E-state index contributed by atoms with van der Waals surface area (Å²) >= 11 is 0. The van der Waals surface area contributed by atoms with Gasteiger partial charge in [0.2, 0.25) is 0 Å². The van der Waals surface area contributed by atoms with E-state index in [1.165, 1.54) is 67.2 Å². The van der Waals surface area contributed by atoms with Crippen LogP contribution in [0.2, 0.25) is 0 Å². The molecule has 1 atom stereocenters. The number of aryl methyl sites for hydroxylation is 3. The molecule has 1 aromatic carbocycles. The number of hydrogen-bond donors (Lipinski definition) is 2. The van der Waals surface area contributed by atoms with Gasteiger partial charge >= 0.3 is 0 Å². The van der Waals surface area contributed by atoms with Gasteiger partial charge < -0.3 is 0 Å². The van der Waals surface area contributed by atoms with Crippen molar-refractivity contribution in [3.8, 4) is 0 Å². The van der Waals surface area contributed by atoms with Crippen LogP contribution in [-0.2, 0) is 6.42 Å². The standard InChI is InChI=1S/C19H32N2/c1-14-11-15(2)18(16(3)12-14)13-19(21-20)17-9-7-5-4-6-8-10-17/h11-12,17,19,21H,4-10,13,20H2,1-3H3. The van der Waals surface area contributed by atoms with Crippen molar-refractivity contribution in [2.75, 3.05) is 0 Å². The second kappa shape index (κ2) is 7.95. The van der Waals surface area contributed by atoms with E-state index in [1.807, 2.05) is 0 Å². The zero-order valence-electron chi connectivity index (χ0n) is 14.0. The molecule has 0 amide bonds. The van der Waals surface area contributed by atoms with Gasteiger partial charge in [-0.1, -0.05) is 49.8 Å². The first kappa shape index (κ1) is 16.5. The van der Waals surface area contributed by atoms with Gasteiger partial charge in [-0.3, -0.25) is 11.3 Å². The highest BCUT2D eigenvalue weighted by molar-refractivity contribution is 5.38. The van der Waals surface area contributed by atoms with Gasteiger partial charge in [0.1, 0.15) is 0 Å². The van der Waals surface area contributed by atoms with Crippen molar-refractivity contribution in [1.82, 2.24) is 5.43 Å². The van der Waals surface area contributed by atoms with E-state index >= 15 is 0 Å². The van der Waals surface area contributed by atoms with Crippen molar-refractivity contribution in [2.24, 2.45) is 11.8 Å². The lowest BCUT2D eigenvalue weighted by Crippen LogP contribution is -2.43. The fraction of sp³-hybridized carbons (Fsp3) is 0.684. The SMILES string of the molecule is Cc1cc(C)c(CC(NN)C2CCCCCCC2)c(C)c1. The second-order valence-corrected chi connectivity index (χ2v) is 6.96. The Morgan fingerprint density at radius 1 is 1.00 bits per heavy atom. The summed E-state index contributed by atoms with van der Waals surface area (Å²) in [7, 11) is 0. The number of hydrazine groups is 1. The van der Waals surface area contributed by atoms with E-state index in [4.69, 9.17) is 5.84 Å². The van der Waals surface area contributed by atoms with Crippen molar-refractivity contribution < 1.29 is 0 Å². The van der Waals surface area contributed by atoms with Gasteiger partial charge in [0.25, 0.3) is 0 Å². The first-order valence-corrected chi connectivity index (χ1v) is 8.64. The smallest absolute Gasteiger partial charge is 0.0279 e. The maximum atomic E-state index is 5.92. The third-order valence-electron chi connectivity index (χ3n) is 5.20. The van der Waals surface area contributed by atoms with Gasteiger partial charge in [-0.25, -0.2) is 0 Å². The fourth-order valence-corrected chi connectivity index (χ4v) is 4.00. The molecule has 118 valence electrons. The van der Waals surface area contributed by atoms with Gasteiger partial charge in [0.05, 0.1) is 0 Å². The Balaban J connectivity index is 2.10. The molecule has 1 fully saturated rings. The molecule has 0 heterocycles. The normalized spacial score (nSPS) is 19.0. The van der Waals surface area contributed by atoms with Crippen LogP contribution < -0.4 is 11.3 Å². The Morgan fingerprint density at radius 2 is 1.52 bits per heavy atom. The molecule has 0 saturated heterocycles. The predicted octanol–water partition coefficient (Wildman–Crippen LogP) is 4.35. The van der Waals surface area contributed by atoms with E-state index in [0.29, 0.717) is 6.04 Å². The van der Waals surface area contributed by atoms with Crippen LogP contribution >= 0.6 is 0 Å². The summed E-state index contributed by atoms with van der Waals surface area (Å²) in [5, 5.41) is 0. The van der Waals surface area contributed by atoms with E-state index in [1.54, 1.807) is 0 Å². The summed E-state index contributed by atoms with van der Waals surface area (Å²) < 4.78 is 0. The Morgan fingerprint density at radius 3 is 2.05 bits per heavy atom. The number of benzene rings is 1. The van der Waals surface area contributed by atoms with Gasteiger partial charge in [0.15, 0.2) is 0 Å². The summed E-state index contributed by atoms with van der Waals surface area (Å²) in [6, 6.07) is 5.02. The van der Waals surface area contributed by atoms with Gasteiger partial charge in [0, 0.05) is 6.04 Å². The zero-order chi connectivity index (χ0) is 15.2. The second-order valence-electron chi connectivity index (χ2n) is 6.96. The monoisotopic (exact) mass is 288 g/mol. The van der Waals surface area contributed by atoms with E-state index < -0.39 is 0 Å². The summed E-state index contributed by atoms with van der Waals surface area (Å²) in [5.74, 6) is 6.65. The third-order valence-corrected chi connectivity index (χ3v) is 5.20. The fourth-order valence-electron chi connectivity index (χ4n) is 4.00. The van der Waals surface area contributed by atoms with Crippen molar-refractivity contribution in [1.29, 1.82) is 0 Å². The quantitative estimate of drug-likeness (QED) is 0.638.